The van der Waals surface area contributed by atoms with Gasteiger partial charge >= 0.3 is 0 Å². The normalized spacial score (nSPS) is 24.0. The van der Waals surface area contributed by atoms with Crippen LogP contribution in [0.15, 0.2) is 12.3 Å². The summed E-state index contributed by atoms with van der Waals surface area (Å²) in [6.45, 7) is 0. The summed E-state index contributed by atoms with van der Waals surface area (Å²) in [6.07, 6.45) is 6.08. The Bertz CT molecular complexity index is 404. The first-order valence-corrected chi connectivity index (χ1v) is 5.99. The number of anilines is 1. The Morgan fingerprint density at radius 2 is 2.00 bits per heavy atom. The van der Waals surface area contributed by atoms with Crippen molar-refractivity contribution < 1.29 is 0 Å². The fraction of sp³-hybridized carbons (Fsp3) is 0.583. The number of nitriles is 1. The van der Waals surface area contributed by atoms with Gasteiger partial charge in [0.2, 0.25) is 0 Å². The van der Waals surface area contributed by atoms with Crippen LogP contribution in [0.5, 0.6) is 0 Å². The average Bonchev–Trinajstić information content (AvgIpc) is 2.40. The molecule has 2 rings (SSSR count). The number of rotatable bonds is 3. The lowest BCUT2D eigenvalue weighted by molar-refractivity contribution is 0.371. The van der Waals surface area contributed by atoms with Gasteiger partial charge in [-0.15, -0.1) is 5.10 Å². The molecule has 1 aliphatic carbocycles. The lowest BCUT2D eigenvalue weighted by Gasteiger charge is -2.29. The van der Waals surface area contributed by atoms with E-state index in [1.54, 1.807) is 12.3 Å². The van der Waals surface area contributed by atoms with Gasteiger partial charge in [-0.3, -0.25) is 0 Å². The number of hydrogen-bond acceptors (Lipinski definition) is 5. The highest BCUT2D eigenvalue weighted by Crippen LogP contribution is 2.22. The van der Waals surface area contributed by atoms with Gasteiger partial charge in [0, 0.05) is 12.1 Å². The molecule has 1 saturated carbocycles. The van der Waals surface area contributed by atoms with Crippen molar-refractivity contribution >= 4 is 5.82 Å². The van der Waals surface area contributed by atoms with E-state index in [4.69, 9.17) is 5.26 Å². The van der Waals surface area contributed by atoms with Crippen LogP contribution in [0, 0.1) is 11.3 Å². The van der Waals surface area contributed by atoms with E-state index in [2.05, 4.69) is 26.9 Å². The molecule has 0 unspecified atom stereocenters. The second kappa shape index (κ2) is 5.60. The second-order valence-corrected chi connectivity index (χ2v) is 4.39. The van der Waals surface area contributed by atoms with E-state index in [-0.39, 0.29) is 0 Å². The van der Waals surface area contributed by atoms with Crippen LogP contribution in [0.25, 0.3) is 0 Å². The van der Waals surface area contributed by atoms with E-state index < -0.39 is 0 Å². The Kier molecular flexibility index (Phi) is 3.89. The van der Waals surface area contributed by atoms with Crippen molar-refractivity contribution in [3.63, 3.8) is 0 Å². The van der Waals surface area contributed by atoms with Gasteiger partial charge in [0.25, 0.3) is 0 Å². The molecule has 1 aromatic heterocycles. The minimum Gasteiger partial charge on any atom is -0.365 e. The summed E-state index contributed by atoms with van der Waals surface area (Å²) in [5.41, 5.74) is 0.565. The van der Waals surface area contributed by atoms with Gasteiger partial charge in [-0.1, -0.05) is 0 Å². The van der Waals surface area contributed by atoms with Crippen LogP contribution in [-0.4, -0.2) is 29.3 Å². The first-order chi connectivity index (χ1) is 8.33. The fourth-order valence-electron chi connectivity index (χ4n) is 2.25. The molecule has 1 heterocycles. The first-order valence-electron chi connectivity index (χ1n) is 5.99. The fourth-order valence-corrected chi connectivity index (χ4v) is 2.25. The predicted octanol–water partition coefficient (Wildman–Crippen LogP) is 1.29. The predicted molar refractivity (Wildman–Crippen MR) is 65.5 cm³/mol. The first kappa shape index (κ1) is 11.8. The van der Waals surface area contributed by atoms with E-state index in [1.807, 2.05) is 7.05 Å². The maximum atomic E-state index is 8.96. The third kappa shape index (κ3) is 2.92. The third-order valence-corrected chi connectivity index (χ3v) is 3.32. The van der Waals surface area contributed by atoms with E-state index in [0.717, 1.165) is 25.7 Å². The minimum absolute atomic E-state index is 0.406. The maximum absolute atomic E-state index is 8.96. The van der Waals surface area contributed by atoms with E-state index in [9.17, 15) is 0 Å². The molecule has 0 aromatic carbocycles. The van der Waals surface area contributed by atoms with E-state index in [1.165, 1.54) is 0 Å². The van der Waals surface area contributed by atoms with E-state index >= 15 is 0 Å². The second-order valence-electron chi connectivity index (χ2n) is 4.39. The molecule has 0 spiro atoms. The molecular formula is C12H17N5. The van der Waals surface area contributed by atoms with Crippen molar-refractivity contribution in [3.05, 3.63) is 17.8 Å². The molecule has 0 atom stereocenters. The summed E-state index contributed by atoms with van der Waals surface area (Å²) in [7, 11) is 2.01. The summed E-state index contributed by atoms with van der Waals surface area (Å²) in [6, 6.07) is 4.85. The minimum atomic E-state index is 0.406. The third-order valence-electron chi connectivity index (χ3n) is 3.32. The molecule has 2 N–H and O–H groups in total. The molecule has 90 valence electrons. The van der Waals surface area contributed by atoms with Crippen molar-refractivity contribution in [3.8, 4) is 6.07 Å². The molecular weight excluding hydrogens is 214 g/mol. The molecule has 0 aliphatic heterocycles. The molecule has 5 heteroatoms. The van der Waals surface area contributed by atoms with Gasteiger partial charge in [-0.05, 0) is 38.8 Å². The lowest BCUT2D eigenvalue weighted by atomic mass is 9.91. The highest BCUT2D eigenvalue weighted by molar-refractivity contribution is 5.50. The SMILES string of the molecule is CNC1CCC(Nc2nnccc2C#N)CC1. The van der Waals surface area contributed by atoms with Crippen LogP contribution in [0.1, 0.15) is 31.2 Å². The van der Waals surface area contributed by atoms with Crippen molar-refractivity contribution in [1.82, 2.24) is 15.5 Å². The zero-order valence-electron chi connectivity index (χ0n) is 9.98. The number of hydrogen-bond donors (Lipinski definition) is 2. The Labute approximate surface area is 101 Å². The quantitative estimate of drug-likeness (QED) is 0.820. The number of nitrogens with one attached hydrogen (secondary N) is 2. The molecule has 0 saturated heterocycles. The number of nitrogens with zero attached hydrogens (tertiary/aromatic N) is 3. The molecule has 1 aromatic rings. The summed E-state index contributed by atoms with van der Waals surface area (Å²) >= 11 is 0. The number of aromatic nitrogens is 2. The molecule has 0 amide bonds. The van der Waals surface area contributed by atoms with Gasteiger partial charge in [-0.25, -0.2) is 0 Å². The zero-order valence-corrected chi connectivity index (χ0v) is 9.98. The van der Waals surface area contributed by atoms with Crippen LogP contribution in [0.3, 0.4) is 0 Å². The average molecular weight is 231 g/mol. The van der Waals surface area contributed by atoms with Gasteiger partial charge in [0.05, 0.1) is 11.8 Å². The summed E-state index contributed by atoms with van der Waals surface area (Å²) in [5.74, 6) is 0.614. The standard InChI is InChI=1S/C12H17N5/c1-14-10-2-4-11(5-3-10)16-12-9(8-13)6-7-15-17-12/h6-7,10-11,14H,2-5H2,1H3,(H,16,17). The largest absolute Gasteiger partial charge is 0.365 e. The maximum Gasteiger partial charge on any atom is 0.166 e. The Balaban J connectivity index is 1.96. The van der Waals surface area contributed by atoms with E-state index in [0.29, 0.717) is 23.5 Å². The molecule has 17 heavy (non-hydrogen) atoms. The van der Waals surface area contributed by atoms with Gasteiger partial charge in [0.15, 0.2) is 5.82 Å². The Hall–Kier alpha value is -1.67. The van der Waals surface area contributed by atoms with Crippen LogP contribution >= 0.6 is 0 Å². The summed E-state index contributed by atoms with van der Waals surface area (Å²) in [4.78, 5) is 0. The molecule has 0 bridgehead atoms. The van der Waals surface area contributed by atoms with Gasteiger partial charge in [0.1, 0.15) is 6.07 Å². The summed E-state index contributed by atoms with van der Waals surface area (Å²) < 4.78 is 0. The monoisotopic (exact) mass is 231 g/mol. The van der Waals surface area contributed by atoms with Crippen LogP contribution < -0.4 is 10.6 Å². The van der Waals surface area contributed by atoms with Crippen molar-refractivity contribution in [1.29, 1.82) is 5.26 Å². The molecule has 1 fully saturated rings. The highest BCUT2D eigenvalue weighted by Gasteiger charge is 2.20. The Morgan fingerprint density at radius 3 is 2.65 bits per heavy atom. The zero-order chi connectivity index (χ0) is 12.1. The van der Waals surface area contributed by atoms with Crippen LogP contribution in [0.2, 0.25) is 0 Å². The lowest BCUT2D eigenvalue weighted by Crippen LogP contribution is -2.35. The Morgan fingerprint density at radius 1 is 1.29 bits per heavy atom. The topological polar surface area (TPSA) is 73.6 Å². The van der Waals surface area contributed by atoms with Crippen molar-refractivity contribution in [2.45, 2.75) is 37.8 Å². The van der Waals surface area contributed by atoms with Gasteiger partial charge in [-0.2, -0.15) is 10.4 Å². The van der Waals surface area contributed by atoms with Crippen LogP contribution in [-0.2, 0) is 0 Å². The summed E-state index contributed by atoms with van der Waals surface area (Å²) in [5, 5.41) is 23.4. The highest BCUT2D eigenvalue weighted by atomic mass is 15.2. The van der Waals surface area contributed by atoms with Crippen molar-refractivity contribution in [2.75, 3.05) is 12.4 Å². The van der Waals surface area contributed by atoms with Crippen LogP contribution in [0.4, 0.5) is 5.82 Å². The van der Waals surface area contributed by atoms with Crippen molar-refractivity contribution in [2.24, 2.45) is 0 Å². The molecule has 1 aliphatic rings. The molecule has 5 nitrogen and oxygen atoms in total. The van der Waals surface area contributed by atoms with Gasteiger partial charge < -0.3 is 10.6 Å². The smallest absolute Gasteiger partial charge is 0.166 e. The molecule has 0 radical (unpaired) electrons.